The van der Waals surface area contributed by atoms with E-state index in [1.165, 1.54) is 0 Å². The van der Waals surface area contributed by atoms with Gasteiger partial charge < -0.3 is 19.7 Å². The van der Waals surface area contributed by atoms with Gasteiger partial charge >= 0.3 is 11.9 Å². The van der Waals surface area contributed by atoms with Crippen LogP contribution in [0.3, 0.4) is 0 Å². The van der Waals surface area contributed by atoms with Gasteiger partial charge in [-0.2, -0.15) is 0 Å². The lowest BCUT2D eigenvalue weighted by Gasteiger charge is -2.56. The molecule has 6 nitrogen and oxygen atoms in total. The number of esters is 2. The zero-order valence-corrected chi connectivity index (χ0v) is 26.6. The molecule has 0 amide bonds. The number of unbranched alkanes of at least 4 members (excludes halogenated alkanes) is 4. The van der Waals surface area contributed by atoms with E-state index in [-0.39, 0.29) is 48.0 Å². The molecular weight excluding hydrogens is 552 g/mol. The second kappa shape index (κ2) is 12.7. The molecule has 44 heavy (non-hydrogen) atoms. The van der Waals surface area contributed by atoms with Gasteiger partial charge in [0.15, 0.2) is 0 Å². The average Bonchev–Trinajstić information content (AvgIpc) is 3.49. The highest BCUT2D eigenvalue weighted by Gasteiger charge is 2.68. The molecule has 4 aliphatic carbocycles. The Morgan fingerprint density at radius 3 is 2.59 bits per heavy atom. The largest absolute Gasteiger partial charge is 0.508 e. The number of ether oxygens (including phenoxy) is 2. The number of aliphatic hydroxyl groups excluding tert-OH is 1. The van der Waals surface area contributed by atoms with Crippen molar-refractivity contribution in [2.24, 2.45) is 35.0 Å². The Morgan fingerprint density at radius 1 is 1.02 bits per heavy atom. The summed E-state index contributed by atoms with van der Waals surface area (Å²) in [6.07, 6.45) is 15.5. The first-order chi connectivity index (χ1) is 21.3. The number of phenolic OH excluding ortho intramolecular Hbond substituents is 1. The normalized spacial score (nSPS) is 29.8. The lowest BCUT2D eigenvalue weighted by Crippen LogP contribution is -2.52. The summed E-state index contributed by atoms with van der Waals surface area (Å²) < 4.78 is 12.3. The van der Waals surface area contributed by atoms with E-state index in [4.69, 9.17) is 14.6 Å². The van der Waals surface area contributed by atoms with E-state index in [1.807, 2.05) is 12.1 Å². The van der Waals surface area contributed by atoms with Crippen molar-refractivity contribution in [1.29, 1.82) is 0 Å². The van der Waals surface area contributed by atoms with Crippen LogP contribution in [-0.4, -0.2) is 28.8 Å². The molecule has 2 fully saturated rings. The Kier molecular flexibility index (Phi) is 8.92. The Morgan fingerprint density at radius 2 is 1.84 bits per heavy atom. The molecule has 1 spiro atoms. The van der Waals surface area contributed by atoms with Crippen molar-refractivity contribution in [2.45, 2.75) is 97.8 Å². The third kappa shape index (κ3) is 5.27. The third-order valence-corrected chi connectivity index (χ3v) is 11.0. The van der Waals surface area contributed by atoms with E-state index in [0.717, 1.165) is 105 Å². The molecule has 5 atom stereocenters. The van der Waals surface area contributed by atoms with Gasteiger partial charge in [-0.25, -0.2) is 9.59 Å². The second-order valence-electron chi connectivity index (χ2n) is 14.0. The standard InChI is InChI=1S/C38H48O6/c1-4-24(15-14-23(2)3)21-31-38-19-18-27(32(35(38)37(42)44-31)25-11-10-12-26(40)22-25)28-16-17-29-30(13-8-6-5-7-9-20-39)43-36(41)33(29)34(28)38/h10-13,21-24,27-28,34,39-40H,4-9,14-20H2,1-3H3/t24-,27+,28+,34+,38+/m0/s1. The molecule has 1 aromatic rings. The van der Waals surface area contributed by atoms with Crippen LogP contribution in [0.15, 0.2) is 64.7 Å². The van der Waals surface area contributed by atoms with Crippen LogP contribution in [-0.2, 0) is 19.1 Å². The summed E-state index contributed by atoms with van der Waals surface area (Å²) >= 11 is 0. The van der Waals surface area contributed by atoms with Crippen molar-refractivity contribution in [3.05, 3.63) is 70.2 Å². The Balaban J connectivity index is 1.47. The lowest BCUT2D eigenvalue weighted by atomic mass is 9.44. The fourth-order valence-corrected chi connectivity index (χ4v) is 8.92. The first-order valence-electron chi connectivity index (χ1n) is 17.0. The molecular formula is C38H48O6. The molecule has 2 bridgehead atoms. The van der Waals surface area contributed by atoms with E-state index in [2.05, 4.69) is 32.9 Å². The van der Waals surface area contributed by atoms with Crippen LogP contribution < -0.4 is 0 Å². The summed E-state index contributed by atoms with van der Waals surface area (Å²) in [4.78, 5) is 27.8. The number of hydrogen-bond acceptors (Lipinski definition) is 6. The number of aromatic hydroxyl groups is 1. The van der Waals surface area contributed by atoms with Crippen molar-refractivity contribution in [2.75, 3.05) is 6.61 Å². The molecule has 6 heteroatoms. The average molecular weight is 601 g/mol. The summed E-state index contributed by atoms with van der Waals surface area (Å²) in [5.74, 6) is 2.08. The Labute approximate surface area is 261 Å². The lowest BCUT2D eigenvalue weighted by molar-refractivity contribution is -0.135. The number of aliphatic hydroxyl groups is 1. The topological polar surface area (TPSA) is 93.1 Å². The highest BCUT2D eigenvalue weighted by atomic mass is 16.5. The molecule has 1 aromatic carbocycles. The number of fused-ring (bicyclic) bond motifs is 1. The van der Waals surface area contributed by atoms with Crippen molar-refractivity contribution < 1.29 is 29.3 Å². The van der Waals surface area contributed by atoms with Crippen LogP contribution in [0.25, 0.3) is 5.57 Å². The van der Waals surface area contributed by atoms with Crippen LogP contribution in [0.5, 0.6) is 5.75 Å². The zero-order valence-electron chi connectivity index (χ0n) is 26.6. The number of hydrogen-bond donors (Lipinski definition) is 2. The van der Waals surface area contributed by atoms with Crippen molar-refractivity contribution in [1.82, 2.24) is 0 Å². The molecule has 0 unspecified atom stereocenters. The van der Waals surface area contributed by atoms with Gasteiger partial charge in [0.2, 0.25) is 0 Å². The molecule has 7 rings (SSSR count). The van der Waals surface area contributed by atoms with E-state index in [0.29, 0.717) is 17.3 Å². The minimum absolute atomic E-state index is 0.106. The molecule has 1 saturated heterocycles. The molecule has 0 radical (unpaired) electrons. The maximum absolute atomic E-state index is 14.0. The Bertz CT molecular complexity index is 1430. The fraction of sp³-hybridized carbons (Fsp3) is 0.579. The maximum Gasteiger partial charge on any atom is 0.340 e. The number of allylic oxidation sites excluding steroid dienone is 5. The van der Waals surface area contributed by atoms with E-state index in [1.54, 1.807) is 12.1 Å². The summed E-state index contributed by atoms with van der Waals surface area (Å²) in [6.45, 7) is 6.91. The molecule has 1 saturated carbocycles. The number of carbonyl (C=O) groups excluding carboxylic acids is 2. The van der Waals surface area contributed by atoms with Gasteiger partial charge in [0.1, 0.15) is 17.3 Å². The highest BCUT2D eigenvalue weighted by Crippen LogP contribution is 2.71. The minimum atomic E-state index is -0.706. The van der Waals surface area contributed by atoms with Crippen LogP contribution in [0.1, 0.15) is 103 Å². The summed E-state index contributed by atoms with van der Waals surface area (Å²) in [6, 6.07) is 7.28. The second-order valence-corrected chi connectivity index (χ2v) is 14.0. The van der Waals surface area contributed by atoms with Crippen LogP contribution in [0.4, 0.5) is 0 Å². The summed E-state index contributed by atoms with van der Waals surface area (Å²) in [7, 11) is 0. The first-order valence-corrected chi connectivity index (χ1v) is 17.0. The van der Waals surface area contributed by atoms with E-state index < -0.39 is 5.41 Å². The number of cyclic esters (lactones) is 2. The van der Waals surface area contributed by atoms with Gasteiger partial charge in [-0.1, -0.05) is 52.2 Å². The highest BCUT2D eigenvalue weighted by molar-refractivity contribution is 6.06. The molecule has 236 valence electrons. The summed E-state index contributed by atoms with van der Waals surface area (Å²) in [5.41, 5.74) is 3.68. The smallest absolute Gasteiger partial charge is 0.340 e. The van der Waals surface area contributed by atoms with Crippen molar-refractivity contribution in [3.63, 3.8) is 0 Å². The number of benzene rings is 1. The van der Waals surface area contributed by atoms with Crippen molar-refractivity contribution >= 4 is 17.5 Å². The SMILES string of the molecule is CC[C@H](C=C1OC(=O)C2=C(c3cccc(O)c3)[C@@H]3CC[C@]12[C@H]1C2=C(CC[C@H]31)C(=CCCCCCCO)OC2=O)CCC(C)C. The molecule has 2 aliphatic heterocycles. The van der Waals surface area contributed by atoms with E-state index in [9.17, 15) is 14.7 Å². The van der Waals surface area contributed by atoms with Crippen LogP contribution in [0, 0.1) is 35.0 Å². The maximum atomic E-state index is 14.0. The van der Waals surface area contributed by atoms with E-state index >= 15 is 0 Å². The minimum Gasteiger partial charge on any atom is -0.508 e. The summed E-state index contributed by atoms with van der Waals surface area (Å²) in [5, 5.41) is 19.5. The molecule has 2 N–H and O–H groups in total. The monoisotopic (exact) mass is 600 g/mol. The molecule has 2 heterocycles. The number of rotatable bonds is 12. The fourth-order valence-electron chi connectivity index (χ4n) is 8.92. The number of phenols is 1. The van der Waals surface area contributed by atoms with Gasteiger partial charge in [0, 0.05) is 23.7 Å². The number of carbonyl (C=O) groups is 2. The van der Waals surface area contributed by atoms with Gasteiger partial charge in [-0.3, -0.25) is 0 Å². The predicted octanol–water partition coefficient (Wildman–Crippen LogP) is 8.17. The molecule has 6 aliphatic rings. The third-order valence-electron chi connectivity index (χ3n) is 11.0. The predicted molar refractivity (Wildman–Crippen MR) is 170 cm³/mol. The van der Waals surface area contributed by atoms with Crippen LogP contribution in [0.2, 0.25) is 0 Å². The first kappa shape index (κ1) is 30.9. The van der Waals surface area contributed by atoms with Crippen LogP contribution >= 0.6 is 0 Å². The zero-order chi connectivity index (χ0) is 31.0. The van der Waals surface area contributed by atoms with Gasteiger partial charge in [0.05, 0.1) is 11.0 Å². The molecule has 0 aromatic heterocycles. The van der Waals surface area contributed by atoms with Gasteiger partial charge in [-0.05, 0) is 117 Å². The quantitative estimate of drug-likeness (QED) is 0.186. The van der Waals surface area contributed by atoms with Gasteiger partial charge in [-0.15, -0.1) is 0 Å². The Hall–Kier alpha value is -3.12. The van der Waals surface area contributed by atoms with Crippen molar-refractivity contribution in [3.8, 4) is 5.75 Å². The van der Waals surface area contributed by atoms with Gasteiger partial charge in [0.25, 0.3) is 0 Å².